The van der Waals surface area contributed by atoms with Gasteiger partial charge >= 0.3 is 8.25 Å². The molecule has 1 saturated heterocycles. The van der Waals surface area contributed by atoms with Gasteiger partial charge in [-0.2, -0.15) is 0 Å². The molecule has 0 bridgehead atoms. The van der Waals surface area contributed by atoms with Gasteiger partial charge in [0.05, 0.1) is 0 Å². The summed E-state index contributed by atoms with van der Waals surface area (Å²) < 4.78 is 20.8. The maximum Gasteiger partial charge on any atom is 0.697 e. The molecule has 0 aromatic rings. The van der Waals surface area contributed by atoms with E-state index in [1.54, 1.807) is 0 Å². The Hall–Kier alpha value is 0.0200. The minimum Gasteiger partial charge on any atom is -0.118 e. The van der Waals surface area contributed by atoms with Crippen molar-refractivity contribution in [3.8, 4) is 0 Å². The summed E-state index contributed by atoms with van der Waals surface area (Å²) in [6.07, 6.45) is 4.79. The molecular formula is C9H18O3P+. The van der Waals surface area contributed by atoms with Gasteiger partial charge in [0.1, 0.15) is 13.2 Å². The van der Waals surface area contributed by atoms with Crippen molar-refractivity contribution >= 4 is 8.25 Å². The Morgan fingerprint density at radius 3 is 2.46 bits per heavy atom. The normalized spacial score (nSPS) is 32.0. The Kier molecular flexibility index (Phi) is 4.30. The summed E-state index contributed by atoms with van der Waals surface area (Å²) in [5.74, 6) is 0. The molecule has 3 nitrogen and oxygen atoms in total. The minimum atomic E-state index is -1.82. The second kappa shape index (κ2) is 5.04. The maximum atomic E-state index is 10.8. The van der Waals surface area contributed by atoms with Crippen LogP contribution in [0.2, 0.25) is 0 Å². The summed E-state index contributed by atoms with van der Waals surface area (Å²) in [7, 11) is -1.82. The summed E-state index contributed by atoms with van der Waals surface area (Å²) in [6, 6.07) is 0. The van der Waals surface area contributed by atoms with Crippen LogP contribution in [0.3, 0.4) is 0 Å². The monoisotopic (exact) mass is 205 g/mol. The van der Waals surface area contributed by atoms with Gasteiger partial charge in [-0.1, -0.05) is 33.1 Å². The first kappa shape index (κ1) is 11.1. The lowest BCUT2D eigenvalue weighted by atomic mass is 9.86. The molecule has 1 aliphatic heterocycles. The molecule has 0 aromatic carbocycles. The number of hydrogen-bond donors (Lipinski definition) is 0. The van der Waals surface area contributed by atoms with E-state index >= 15 is 0 Å². The van der Waals surface area contributed by atoms with Crippen LogP contribution in [0.25, 0.3) is 0 Å². The number of hydrogen-bond acceptors (Lipinski definition) is 3. The highest BCUT2D eigenvalue weighted by atomic mass is 31.1. The average molecular weight is 205 g/mol. The van der Waals surface area contributed by atoms with Crippen LogP contribution in [0.4, 0.5) is 0 Å². The second-order valence-electron chi connectivity index (χ2n) is 4.04. The smallest absolute Gasteiger partial charge is 0.118 e. The Bertz CT molecular complexity index is 172. The Morgan fingerprint density at radius 2 is 1.92 bits per heavy atom. The zero-order valence-electron chi connectivity index (χ0n) is 8.41. The molecule has 0 radical (unpaired) electrons. The van der Waals surface area contributed by atoms with Gasteiger partial charge in [-0.05, 0) is 6.42 Å². The van der Waals surface area contributed by atoms with Crippen LogP contribution in [0.5, 0.6) is 0 Å². The molecule has 1 fully saturated rings. The van der Waals surface area contributed by atoms with Crippen LogP contribution < -0.4 is 0 Å². The predicted octanol–water partition coefficient (Wildman–Crippen LogP) is 3.28. The minimum absolute atomic E-state index is 0.0818. The van der Waals surface area contributed by atoms with Crippen LogP contribution in [-0.2, 0) is 13.6 Å². The van der Waals surface area contributed by atoms with E-state index in [-0.39, 0.29) is 5.41 Å². The highest BCUT2D eigenvalue weighted by Crippen LogP contribution is 2.39. The molecule has 4 heteroatoms. The van der Waals surface area contributed by atoms with E-state index in [4.69, 9.17) is 9.05 Å². The van der Waals surface area contributed by atoms with E-state index in [2.05, 4.69) is 13.8 Å². The molecule has 0 N–H and O–H groups in total. The molecule has 0 spiro atoms. The molecule has 0 atom stereocenters. The summed E-state index contributed by atoms with van der Waals surface area (Å²) >= 11 is 0. The lowest BCUT2D eigenvalue weighted by Crippen LogP contribution is -2.30. The van der Waals surface area contributed by atoms with E-state index in [1.165, 1.54) is 19.3 Å². The molecular weight excluding hydrogens is 187 g/mol. The summed E-state index contributed by atoms with van der Waals surface area (Å²) in [6.45, 7) is 5.47. The van der Waals surface area contributed by atoms with E-state index in [0.29, 0.717) is 13.2 Å². The third-order valence-corrected chi connectivity index (χ3v) is 3.10. The van der Waals surface area contributed by atoms with E-state index in [0.717, 1.165) is 6.42 Å². The third kappa shape index (κ3) is 3.72. The fourth-order valence-electron chi connectivity index (χ4n) is 1.44. The van der Waals surface area contributed by atoms with Crippen molar-refractivity contribution in [3.63, 3.8) is 0 Å². The van der Waals surface area contributed by atoms with Crippen molar-refractivity contribution in [2.75, 3.05) is 13.2 Å². The molecule has 1 rings (SSSR count). The lowest BCUT2D eigenvalue weighted by Gasteiger charge is -2.26. The molecule has 1 aliphatic rings. The molecule has 0 unspecified atom stereocenters. The summed E-state index contributed by atoms with van der Waals surface area (Å²) in [5.41, 5.74) is 0.0818. The van der Waals surface area contributed by atoms with Gasteiger partial charge in [0.25, 0.3) is 0 Å². The van der Waals surface area contributed by atoms with Crippen molar-refractivity contribution in [1.82, 2.24) is 0 Å². The van der Waals surface area contributed by atoms with Crippen LogP contribution in [0, 0.1) is 5.41 Å². The Morgan fingerprint density at radius 1 is 1.31 bits per heavy atom. The number of unbranched alkanes of at least 4 members (excludes halogenated alkanes) is 2. The average Bonchev–Trinajstić information content (AvgIpc) is 2.12. The fraction of sp³-hybridized carbons (Fsp3) is 1.00. The molecule has 76 valence electrons. The maximum absolute atomic E-state index is 10.8. The van der Waals surface area contributed by atoms with Gasteiger partial charge in [-0.25, -0.2) is 0 Å². The Balaban J connectivity index is 2.26. The Labute approximate surface area is 80.8 Å². The van der Waals surface area contributed by atoms with Crippen molar-refractivity contribution in [3.05, 3.63) is 0 Å². The van der Waals surface area contributed by atoms with Gasteiger partial charge in [0.2, 0.25) is 0 Å². The number of rotatable bonds is 4. The molecule has 13 heavy (non-hydrogen) atoms. The standard InChI is InChI=1S/C9H18O3P/c1-3-4-5-6-9(2)7-11-13(10)12-8-9/h3-8H2,1-2H3/q+1. The largest absolute Gasteiger partial charge is 0.697 e. The van der Waals surface area contributed by atoms with Gasteiger partial charge in [-0.3, -0.25) is 0 Å². The van der Waals surface area contributed by atoms with Crippen molar-refractivity contribution < 1.29 is 13.6 Å². The fourth-order valence-corrected chi connectivity index (χ4v) is 2.35. The van der Waals surface area contributed by atoms with Crippen molar-refractivity contribution in [1.29, 1.82) is 0 Å². The van der Waals surface area contributed by atoms with Gasteiger partial charge in [-0.15, -0.1) is 9.05 Å². The lowest BCUT2D eigenvalue weighted by molar-refractivity contribution is 0.0330. The molecule has 0 saturated carbocycles. The molecule has 0 aromatic heterocycles. The zero-order chi connectivity index (χ0) is 9.73. The molecule has 0 amide bonds. The summed E-state index contributed by atoms with van der Waals surface area (Å²) in [5, 5.41) is 0. The van der Waals surface area contributed by atoms with Crippen LogP contribution in [0.15, 0.2) is 0 Å². The van der Waals surface area contributed by atoms with E-state index in [1.807, 2.05) is 0 Å². The topological polar surface area (TPSA) is 35.5 Å². The van der Waals surface area contributed by atoms with Crippen molar-refractivity contribution in [2.24, 2.45) is 5.41 Å². The highest BCUT2D eigenvalue weighted by molar-refractivity contribution is 7.33. The van der Waals surface area contributed by atoms with Crippen LogP contribution in [0.1, 0.15) is 39.5 Å². The van der Waals surface area contributed by atoms with Crippen LogP contribution >= 0.6 is 8.25 Å². The zero-order valence-corrected chi connectivity index (χ0v) is 9.31. The molecule has 0 aliphatic carbocycles. The SMILES string of the molecule is CCCCCC1(C)CO[P+](=O)OC1. The third-order valence-electron chi connectivity index (χ3n) is 2.42. The van der Waals surface area contributed by atoms with Gasteiger partial charge in [0.15, 0.2) is 0 Å². The highest BCUT2D eigenvalue weighted by Gasteiger charge is 2.39. The van der Waals surface area contributed by atoms with E-state index in [9.17, 15) is 4.57 Å². The predicted molar refractivity (Wildman–Crippen MR) is 51.8 cm³/mol. The first-order chi connectivity index (χ1) is 6.16. The van der Waals surface area contributed by atoms with Crippen molar-refractivity contribution in [2.45, 2.75) is 39.5 Å². The quantitative estimate of drug-likeness (QED) is 0.522. The van der Waals surface area contributed by atoms with Crippen LogP contribution in [-0.4, -0.2) is 13.2 Å². The van der Waals surface area contributed by atoms with Gasteiger partial charge < -0.3 is 0 Å². The van der Waals surface area contributed by atoms with E-state index < -0.39 is 8.25 Å². The first-order valence-electron chi connectivity index (χ1n) is 4.89. The molecule has 1 heterocycles. The summed E-state index contributed by atoms with van der Waals surface area (Å²) in [4.78, 5) is 0. The van der Waals surface area contributed by atoms with Gasteiger partial charge in [0, 0.05) is 9.98 Å². The second-order valence-corrected chi connectivity index (χ2v) is 5.00. The first-order valence-corrected chi connectivity index (χ1v) is 5.99.